The largest absolute Gasteiger partial charge is 0.332 e. The molecule has 1 aromatic rings. The molecule has 1 atom stereocenters. The van der Waals surface area contributed by atoms with Crippen molar-refractivity contribution in [3.8, 4) is 0 Å². The number of nitrogens with two attached hydrogens (primary N) is 1. The molecule has 1 aliphatic heterocycles. The molecule has 0 bridgehead atoms. The highest BCUT2D eigenvalue weighted by atomic mass is 35.5. The molecule has 1 aliphatic rings. The van der Waals surface area contributed by atoms with Gasteiger partial charge in [-0.3, -0.25) is 9.59 Å². The van der Waals surface area contributed by atoms with Crippen LogP contribution in [0.4, 0.5) is 5.69 Å². The van der Waals surface area contributed by atoms with E-state index >= 15 is 0 Å². The molecule has 1 heterocycles. The number of rotatable bonds is 4. The first kappa shape index (κ1) is 12.8. The van der Waals surface area contributed by atoms with E-state index in [9.17, 15) is 9.59 Å². The molecule has 1 aromatic carbocycles. The van der Waals surface area contributed by atoms with Crippen molar-refractivity contribution in [2.45, 2.75) is 12.5 Å². The Bertz CT molecular complexity index is 502. The number of anilines is 1. The fourth-order valence-electron chi connectivity index (χ4n) is 1.99. The van der Waals surface area contributed by atoms with Gasteiger partial charge in [-0.15, -0.1) is 0 Å². The number of carbonyl (C=O) groups excluding carboxylic acids is 2. The maximum absolute atomic E-state index is 12.1. The topological polar surface area (TPSA) is 54.0 Å². The molecule has 94 valence electrons. The lowest BCUT2D eigenvalue weighted by Gasteiger charge is -2.14. The molecule has 1 saturated heterocycles. The summed E-state index contributed by atoms with van der Waals surface area (Å²) >= 11 is 5.87. The molecule has 0 unspecified atom stereocenters. The Morgan fingerprint density at radius 1 is 1.50 bits per heavy atom. The van der Waals surface area contributed by atoms with Crippen LogP contribution in [0.15, 0.2) is 36.9 Å². The van der Waals surface area contributed by atoms with E-state index in [0.29, 0.717) is 17.3 Å². The summed E-state index contributed by atoms with van der Waals surface area (Å²) < 4.78 is 0. The number of amides is 2. The second-order valence-corrected chi connectivity index (χ2v) is 4.55. The minimum Gasteiger partial charge on any atom is -0.332 e. The van der Waals surface area contributed by atoms with Crippen LogP contribution < -0.4 is 10.2 Å². The molecule has 2 N–H and O–H groups in total. The summed E-state index contributed by atoms with van der Waals surface area (Å²) in [6.07, 6.45) is 1.93. The third kappa shape index (κ3) is 2.44. The Morgan fingerprint density at radius 3 is 2.94 bits per heavy atom. The van der Waals surface area contributed by atoms with E-state index in [1.165, 1.54) is 4.90 Å². The second-order valence-electron chi connectivity index (χ2n) is 4.12. The molecule has 0 radical (unpaired) electrons. The molecule has 2 amide bonds. The highest BCUT2D eigenvalue weighted by molar-refractivity contribution is 6.31. The van der Waals surface area contributed by atoms with Gasteiger partial charge in [0.05, 0.1) is 18.7 Å². The summed E-state index contributed by atoms with van der Waals surface area (Å²) in [7, 11) is 0. The van der Waals surface area contributed by atoms with E-state index in [4.69, 9.17) is 11.6 Å². The van der Waals surface area contributed by atoms with E-state index < -0.39 is 0 Å². The highest BCUT2D eigenvalue weighted by Gasteiger charge is 2.41. The molecular weight excluding hydrogens is 252 g/mol. The standard InChI is InChI=1S/C13H13ClN2O2/c1-2-6-15-11-8-12(17)16(13(11)18)10-5-3-4-9(14)7-10/h2-5,7,11,15H,1,6,8H2/p+1/t11-/m0/s1. The van der Waals surface area contributed by atoms with Gasteiger partial charge < -0.3 is 5.32 Å². The van der Waals surface area contributed by atoms with Crippen LogP contribution in [0.5, 0.6) is 0 Å². The first-order valence-electron chi connectivity index (χ1n) is 5.70. The molecule has 0 saturated carbocycles. The first-order chi connectivity index (χ1) is 8.63. The highest BCUT2D eigenvalue weighted by Crippen LogP contribution is 2.24. The summed E-state index contributed by atoms with van der Waals surface area (Å²) in [6.45, 7) is 4.21. The molecule has 0 spiro atoms. The maximum atomic E-state index is 12.1. The van der Waals surface area contributed by atoms with Gasteiger partial charge in [0.25, 0.3) is 5.91 Å². The predicted octanol–water partition coefficient (Wildman–Crippen LogP) is 0.721. The van der Waals surface area contributed by atoms with Crippen LogP contribution in [0.1, 0.15) is 6.42 Å². The van der Waals surface area contributed by atoms with Crippen LogP contribution in [0.3, 0.4) is 0 Å². The van der Waals surface area contributed by atoms with Crippen molar-refractivity contribution in [1.29, 1.82) is 0 Å². The fourth-order valence-corrected chi connectivity index (χ4v) is 2.17. The Hall–Kier alpha value is -1.65. The molecule has 1 fully saturated rings. The number of hydrogen-bond acceptors (Lipinski definition) is 2. The minimum atomic E-state index is -0.352. The Morgan fingerprint density at radius 2 is 2.28 bits per heavy atom. The fraction of sp³-hybridized carbons (Fsp3) is 0.231. The average molecular weight is 266 g/mol. The smallest absolute Gasteiger partial charge is 0.292 e. The molecule has 0 aromatic heterocycles. The van der Waals surface area contributed by atoms with Crippen molar-refractivity contribution < 1.29 is 14.9 Å². The lowest BCUT2D eigenvalue weighted by Crippen LogP contribution is -2.91. The zero-order chi connectivity index (χ0) is 13.1. The number of benzene rings is 1. The second kappa shape index (κ2) is 5.33. The van der Waals surface area contributed by atoms with Crippen LogP contribution in [0, 0.1) is 0 Å². The lowest BCUT2D eigenvalue weighted by atomic mass is 10.2. The number of carbonyl (C=O) groups is 2. The van der Waals surface area contributed by atoms with Crippen molar-refractivity contribution >= 4 is 29.1 Å². The van der Waals surface area contributed by atoms with Crippen molar-refractivity contribution in [3.63, 3.8) is 0 Å². The summed E-state index contributed by atoms with van der Waals surface area (Å²) in [4.78, 5) is 25.2. The van der Waals surface area contributed by atoms with E-state index in [-0.39, 0.29) is 24.3 Å². The van der Waals surface area contributed by atoms with Gasteiger partial charge in [0, 0.05) is 5.02 Å². The molecule has 4 nitrogen and oxygen atoms in total. The maximum Gasteiger partial charge on any atom is 0.292 e. The van der Waals surface area contributed by atoms with Crippen molar-refractivity contribution in [3.05, 3.63) is 41.9 Å². The van der Waals surface area contributed by atoms with Gasteiger partial charge in [-0.05, 0) is 24.3 Å². The third-order valence-electron chi connectivity index (χ3n) is 2.84. The Kier molecular flexibility index (Phi) is 3.79. The summed E-state index contributed by atoms with van der Waals surface area (Å²) in [5.74, 6) is -0.378. The van der Waals surface area contributed by atoms with Gasteiger partial charge in [-0.25, -0.2) is 4.90 Å². The molecule has 18 heavy (non-hydrogen) atoms. The molecule has 0 aliphatic carbocycles. The first-order valence-corrected chi connectivity index (χ1v) is 6.08. The minimum absolute atomic E-state index is 0.187. The lowest BCUT2D eigenvalue weighted by molar-refractivity contribution is -0.666. The normalized spacial score (nSPS) is 19.4. The Balaban J connectivity index is 2.21. The monoisotopic (exact) mass is 265 g/mol. The van der Waals surface area contributed by atoms with Gasteiger partial charge in [-0.2, -0.15) is 0 Å². The van der Waals surface area contributed by atoms with E-state index in [1.54, 1.807) is 30.3 Å². The van der Waals surface area contributed by atoms with Gasteiger partial charge >= 0.3 is 0 Å². The molecule has 5 heteroatoms. The van der Waals surface area contributed by atoms with Crippen LogP contribution in [0.25, 0.3) is 0 Å². The average Bonchev–Trinajstić information content (AvgIpc) is 2.62. The quantitative estimate of drug-likeness (QED) is 0.644. The van der Waals surface area contributed by atoms with Crippen LogP contribution in [0.2, 0.25) is 5.02 Å². The van der Waals surface area contributed by atoms with Crippen LogP contribution >= 0.6 is 11.6 Å². The van der Waals surface area contributed by atoms with Gasteiger partial charge in [0.2, 0.25) is 5.91 Å². The van der Waals surface area contributed by atoms with Gasteiger partial charge in [0.15, 0.2) is 6.04 Å². The molecule has 2 rings (SSSR count). The summed E-state index contributed by atoms with van der Waals surface area (Å²) in [6, 6.07) is 6.40. The Labute approximate surface area is 110 Å². The zero-order valence-corrected chi connectivity index (χ0v) is 10.6. The van der Waals surface area contributed by atoms with E-state index in [1.807, 2.05) is 5.32 Å². The predicted molar refractivity (Wildman–Crippen MR) is 69.3 cm³/mol. The van der Waals surface area contributed by atoms with Crippen molar-refractivity contribution in [2.24, 2.45) is 0 Å². The van der Waals surface area contributed by atoms with E-state index in [0.717, 1.165) is 0 Å². The van der Waals surface area contributed by atoms with E-state index in [2.05, 4.69) is 6.58 Å². The van der Waals surface area contributed by atoms with Crippen molar-refractivity contribution in [1.82, 2.24) is 0 Å². The SMILES string of the molecule is C=CC[NH2+][C@H]1CC(=O)N(c2cccc(Cl)c2)C1=O. The molecular formula is C13H14ClN2O2+. The third-order valence-corrected chi connectivity index (χ3v) is 3.07. The number of halogens is 1. The van der Waals surface area contributed by atoms with Crippen LogP contribution in [-0.4, -0.2) is 24.4 Å². The number of nitrogens with zero attached hydrogens (tertiary/aromatic N) is 1. The van der Waals surface area contributed by atoms with Crippen molar-refractivity contribution in [2.75, 3.05) is 11.4 Å². The van der Waals surface area contributed by atoms with Gasteiger partial charge in [-0.1, -0.05) is 24.2 Å². The van der Waals surface area contributed by atoms with Gasteiger partial charge in [0.1, 0.15) is 0 Å². The summed E-state index contributed by atoms with van der Waals surface area (Å²) in [5.41, 5.74) is 0.534. The summed E-state index contributed by atoms with van der Waals surface area (Å²) in [5, 5.41) is 2.32. The number of quaternary nitrogens is 1. The van der Waals surface area contributed by atoms with Crippen LogP contribution in [-0.2, 0) is 9.59 Å². The number of imide groups is 1. The number of hydrogen-bond donors (Lipinski definition) is 1. The zero-order valence-electron chi connectivity index (χ0n) is 9.80.